The summed E-state index contributed by atoms with van der Waals surface area (Å²) < 4.78 is 34.7. The van der Waals surface area contributed by atoms with Crippen molar-refractivity contribution in [3.63, 3.8) is 0 Å². The fourth-order valence-electron chi connectivity index (χ4n) is 3.96. The first-order valence-corrected chi connectivity index (χ1v) is 11.9. The number of rotatable bonds is 6. The summed E-state index contributed by atoms with van der Waals surface area (Å²) in [6, 6.07) is 8.20. The maximum absolute atomic E-state index is 13.0. The third-order valence-electron chi connectivity index (χ3n) is 5.83. The van der Waals surface area contributed by atoms with Crippen molar-refractivity contribution in [2.75, 3.05) is 25.1 Å². The van der Waals surface area contributed by atoms with E-state index in [1.807, 2.05) is 17.7 Å². The average molecular weight is 444 g/mol. The molecule has 0 radical (unpaired) electrons. The van der Waals surface area contributed by atoms with Gasteiger partial charge in [-0.1, -0.05) is 0 Å². The Morgan fingerprint density at radius 1 is 1.23 bits per heavy atom. The van der Waals surface area contributed by atoms with Gasteiger partial charge in [0.15, 0.2) is 5.82 Å². The number of H-pyrrole nitrogens is 1. The van der Waals surface area contributed by atoms with E-state index in [2.05, 4.69) is 15.4 Å². The third kappa shape index (κ3) is 3.86. The molecule has 0 spiro atoms. The zero-order chi connectivity index (χ0) is 21.6. The van der Waals surface area contributed by atoms with Crippen molar-refractivity contribution in [1.82, 2.24) is 19.1 Å². The summed E-state index contributed by atoms with van der Waals surface area (Å²) in [5.74, 6) is 1.08. The first kappa shape index (κ1) is 20.2. The van der Waals surface area contributed by atoms with Gasteiger partial charge < -0.3 is 15.0 Å². The van der Waals surface area contributed by atoms with E-state index in [1.165, 1.54) is 17.1 Å². The Balaban J connectivity index is 1.42. The summed E-state index contributed by atoms with van der Waals surface area (Å²) in [7, 11) is -3.59. The first-order valence-electron chi connectivity index (χ1n) is 10.5. The molecule has 1 aliphatic carbocycles. The van der Waals surface area contributed by atoms with E-state index in [4.69, 9.17) is 4.74 Å². The molecule has 3 aromatic rings. The number of hydrogen-bond donors (Lipinski definition) is 2. The second-order valence-electron chi connectivity index (χ2n) is 8.23. The summed E-state index contributed by atoms with van der Waals surface area (Å²) in [6.07, 6.45) is 4.00. The lowest BCUT2D eigenvalue weighted by Gasteiger charge is -2.32. The minimum absolute atomic E-state index is 0.204. The lowest BCUT2D eigenvalue weighted by atomic mass is 10.3. The molecule has 3 heterocycles. The molecular weight excluding hydrogens is 418 g/mol. The maximum atomic E-state index is 13.0. The Bertz CT molecular complexity index is 1260. The van der Waals surface area contributed by atoms with Crippen LogP contribution in [0.1, 0.15) is 19.8 Å². The van der Waals surface area contributed by atoms with Crippen LogP contribution in [0.15, 0.2) is 46.2 Å². The summed E-state index contributed by atoms with van der Waals surface area (Å²) in [4.78, 5) is 15.4. The fourth-order valence-corrected chi connectivity index (χ4v) is 5.56. The van der Waals surface area contributed by atoms with Gasteiger partial charge in [-0.05, 0) is 56.0 Å². The summed E-state index contributed by atoms with van der Waals surface area (Å²) in [5.41, 5.74) is 1.25. The number of aromatic amines is 1. The van der Waals surface area contributed by atoms with Gasteiger partial charge in [0, 0.05) is 31.0 Å². The van der Waals surface area contributed by atoms with Crippen molar-refractivity contribution in [2.24, 2.45) is 5.92 Å². The molecule has 2 aliphatic rings. The van der Waals surface area contributed by atoms with Crippen LogP contribution in [0, 0.1) is 5.92 Å². The number of benzene rings is 1. The third-order valence-corrected chi connectivity index (χ3v) is 7.86. The van der Waals surface area contributed by atoms with Crippen LogP contribution in [0.25, 0.3) is 10.9 Å². The first-order chi connectivity index (χ1) is 14.9. The molecule has 1 saturated heterocycles. The fraction of sp³-hybridized carbons (Fsp3) is 0.429. The zero-order valence-electron chi connectivity index (χ0n) is 17.2. The summed E-state index contributed by atoms with van der Waals surface area (Å²) >= 11 is 0. The van der Waals surface area contributed by atoms with Crippen LogP contribution in [0.3, 0.4) is 0 Å². The van der Waals surface area contributed by atoms with Crippen LogP contribution >= 0.6 is 0 Å². The Morgan fingerprint density at radius 2 is 2.00 bits per heavy atom. The molecule has 164 valence electrons. The zero-order valence-corrected chi connectivity index (χ0v) is 18.1. The molecule has 5 rings (SSSR count). The molecule has 1 atom stereocenters. The molecule has 31 heavy (non-hydrogen) atoms. The second-order valence-corrected chi connectivity index (χ2v) is 10.1. The topological polar surface area (TPSA) is 109 Å². The smallest absolute Gasteiger partial charge is 0.261 e. The largest absolute Gasteiger partial charge is 0.378 e. The van der Waals surface area contributed by atoms with Gasteiger partial charge in [-0.2, -0.15) is 9.40 Å². The standard InChI is InChI=1S/C21H25N5O4S/c1-14-13-30-11-10-26(14)31(28,29)17-6-4-16(5-7-17)23-20-19-18(8-9-22-21(19)27)25(24-20)12-15-2-3-15/h4-9,14-15H,2-3,10-13H2,1H3,(H,22,27)(H,23,24). The van der Waals surface area contributed by atoms with Crippen molar-refractivity contribution in [3.8, 4) is 0 Å². The highest BCUT2D eigenvalue weighted by atomic mass is 32.2. The quantitative estimate of drug-likeness (QED) is 0.605. The van der Waals surface area contributed by atoms with Gasteiger partial charge in [0.25, 0.3) is 5.56 Å². The Labute approximate surface area is 180 Å². The van der Waals surface area contributed by atoms with E-state index < -0.39 is 10.0 Å². The van der Waals surface area contributed by atoms with Gasteiger partial charge in [-0.15, -0.1) is 0 Å². The highest BCUT2D eigenvalue weighted by Crippen LogP contribution is 2.33. The van der Waals surface area contributed by atoms with Crippen LogP contribution < -0.4 is 10.9 Å². The molecule has 9 nitrogen and oxygen atoms in total. The molecule has 0 bridgehead atoms. The van der Waals surface area contributed by atoms with Gasteiger partial charge in [-0.3, -0.25) is 9.48 Å². The Kier molecular flexibility index (Phi) is 5.07. The number of pyridine rings is 1. The molecule has 10 heteroatoms. The van der Waals surface area contributed by atoms with E-state index in [9.17, 15) is 13.2 Å². The molecule has 1 unspecified atom stereocenters. The average Bonchev–Trinajstić information content (AvgIpc) is 3.50. The molecule has 1 aliphatic heterocycles. The molecular formula is C21H25N5O4S. The van der Waals surface area contributed by atoms with E-state index in [1.54, 1.807) is 30.5 Å². The van der Waals surface area contributed by atoms with Crippen LogP contribution in [0.2, 0.25) is 0 Å². The monoisotopic (exact) mass is 443 g/mol. The van der Waals surface area contributed by atoms with Gasteiger partial charge in [0.05, 0.1) is 23.6 Å². The molecule has 0 amide bonds. The number of ether oxygens (including phenoxy) is 1. The lowest BCUT2D eigenvalue weighted by molar-refractivity contribution is 0.0393. The van der Waals surface area contributed by atoms with Gasteiger partial charge >= 0.3 is 0 Å². The lowest BCUT2D eigenvalue weighted by Crippen LogP contribution is -2.46. The number of fused-ring (bicyclic) bond motifs is 1. The van der Waals surface area contributed by atoms with Crippen molar-refractivity contribution >= 4 is 32.4 Å². The highest BCUT2D eigenvalue weighted by molar-refractivity contribution is 7.89. The Morgan fingerprint density at radius 3 is 2.71 bits per heavy atom. The van der Waals surface area contributed by atoms with E-state index in [0.29, 0.717) is 42.6 Å². The van der Waals surface area contributed by atoms with Crippen LogP contribution in [-0.2, 0) is 21.3 Å². The van der Waals surface area contributed by atoms with Crippen molar-refractivity contribution in [3.05, 3.63) is 46.9 Å². The Hall–Kier alpha value is -2.69. The number of anilines is 2. The van der Waals surface area contributed by atoms with Gasteiger partial charge in [-0.25, -0.2) is 8.42 Å². The van der Waals surface area contributed by atoms with E-state index in [0.717, 1.165) is 12.1 Å². The molecule has 1 saturated carbocycles. The summed E-state index contributed by atoms with van der Waals surface area (Å²) in [5, 5.41) is 8.32. The minimum Gasteiger partial charge on any atom is -0.378 e. The molecule has 2 aromatic heterocycles. The number of aromatic nitrogens is 3. The molecule has 1 aromatic carbocycles. The number of hydrogen-bond acceptors (Lipinski definition) is 6. The van der Waals surface area contributed by atoms with E-state index in [-0.39, 0.29) is 16.5 Å². The minimum atomic E-state index is -3.59. The number of sulfonamides is 1. The second kappa shape index (κ2) is 7.77. The van der Waals surface area contributed by atoms with Crippen LogP contribution in [-0.4, -0.2) is 53.3 Å². The van der Waals surface area contributed by atoms with Crippen LogP contribution in [0.4, 0.5) is 11.5 Å². The molecule has 2 fully saturated rings. The van der Waals surface area contributed by atoms with Crippen molar-refractivity contribution in [2.45, 2.75) is 37.2 Å². The number of morpholine rings is 1. The SMILES string of the molecule is CC1COCCN1S(=O)(=O)c1ccc(Nc2nn(CC3CC3)c3cc[nH]c(=O)c23)cc1. The molecule has 2 N–H and O–H groups in total. The van der Waals surface area contributed by atoms with Crippen molar-refractivity contribution in [1.29, 1.82) is 0 Å². The number of nitrogens with zero attached hydrogens (tertiary/aromatic N) is 3. The van der Waals surface area contributed by atoms with Crippen LogP contribution in [0.5, 0.6) is 0 Å². The normalized spacial score (nSPS) is 20.2. The number of nitrogens with one attached hydrogen (secondary N) is 2. The highest BCUT2D eigenvalue weighted by Gasteiger charge is 2.31. The van der Waals surface area contributed by atoms with Gasteiger partial charge in [0.2, 0.25) is 10.0 Å². The van der Waals surface area contributed by atoms with E-state index >= 15 is 0 Å². The van der Waals surface area contributed by atoms with Crippen molar-refractivity contribution < 1.29 is 13.2 Å². The summed E-state index contributed by atoms with van der Waals surface area (Å²) in [6.45, 7) is 3.76. The van der Waals surface area contributed by atoms with Gasteiger partial charge in [0.1, 0.15) is 5.39 Å². The predicted octanol–water partition coefficient (Wildman–Crippen LogP) is 2.29. The maximum Gasteiger partial charge on any atom is 0.261 e. The predicted molar refractivity (Wildman–Crippen MR) is 117 cm³/mol.